The number of nitrogens with zero attached hydrogens (tertiary/aromatic N) is 2. The molecular weight excluding hydrogens is 312 g/mol. The summed E-state index contributed by atoms with van der Waals surface area (Å²) in [6.07, 6.45) is 4.17. The Morgan fingerprint density at radius 3 is 2.57 bits per heavy atom. The molecular formula is C17H18N2O3S. The summed E-state index contributed by atoms with van der Waals surface area (Å²) < 4.78 is 24.9. The second-order valence-corrected chi connectivity index (χ2v) is 7.17. The Kier molecular flexibility index (Phi) is 5.28. The van der Waals surface area contributed by atoms with E-state index >= 15 is 0 Å². The number of sulfone groups is 1. The number of amides is 1. The Morgan fingerprint density at radius 2 is 1.96 bits per heavy atom. The molecule has 120 valence electrons. The minimum atomic E-state index is -3.52. The lowest BCUT2D eigenvalue weighted by atomic mass is 10.2. The maximum absolute atomic E-state index is 12.5. The molecule has 0 spiro atoms. The van der Waals surface area contributed by atoms with Crippen molar-refractivity contribution in [2.45, 2.75) is 12.7 Å². The van der Waals surface area contributed by atoms with Gasteiger partial charge in [0.05, 0.1) is 17.6 Å². The van der Waals surface area contributed by atoms with Crippen molar-refractivity contribution in [3.8, 4) is 0 Å². The summed E-state index contributed by atoms with van der Waals surface area (Å²) in [7, 11) is -3.52. The molecule has 2 rings (SSSR count). The number of rotatable bonds is 6. The first kappa shape index (κ1) is 16.9. The van der Waals surface area contributed by atoms with Gasteiger partial charge in [-0.05, 0) is 30.2 Å². The van der Waals surface area contributed by atoms with Crippen LogP contribution in [0.5, 0.6) is 0 Å². The van der Waals surface area contributed by atoms with Crippen LogP contribution in [0, 0.1) is 6.92 Å². The lowest BCUT2D eigenvalue weighted by Crippen LogP contribution is -2.35. The van der Waals surface area contributed by atoms with Gasteiger partial charge in [0.25, 0.3) is 5.91 Å². The summed E-state index contributed by atoms with van der Waals surface area (Å²) in [5.74, 6) is -1.02. The number of aromatic nitrogens is 1. The van der Waals surface area contributed by atoms with Crippen molar-refractivity contribution in [1.82, 2.24) is 4.98 Å². The predicted octanol–water partition coefficient (Wildman–Crippen LogP) is 2.48. The van der Waals surface area contributed by atoms with E-state index in [0.29, 0.717) is 11.3 Å². The molecule has 2 aromatic rings. The molecule has 0 fully saturated rings. The third-order valence-corrected chi connectivity index (χ3v) is 4.72. The van der Waals surface area contributed by atoms with E-state index in [9.17, 15) is 13.2 Å². The van der Waals surface area contributed by atoms with Gasteiger partial charge in [0.2, 0.25) is 0 Å². The van der Waals surface area contributed by atoms with Gasteiger partial charge in [0.1, 0.15) is 5.88 Å². The van der Waals surface area contributed by atoms with Crippen molar-refractivity contribution in [1.29, 1.82) is 0 Å². The fourth-order valence-electron chi connectivity index (χ4n) is 2.17. The van der Waals surface area contributed by atoms with E-state index in [1.165, 1.54) is 11.1 Å². The van der Waals surface area contributed by atoms with E-state index in [2.05, 4.69) is 11.6 Å². The van der Waals surface area contributed by atoms with Crippen LogP contribution in [0.3, 0.4) is 0 Å². The summed E-state index contributed by atoms with van der Waals surface area (Å²) in [5.41, 5.74) is 1.92. The Labute approximate surface area is 136 Å². The van der Waals surface area contributed by atoms with E-state index in [1.54, 1.807) is 43.5 Å². The molecule has 0 saturated carbocycles. The highest BCUT2D eigenvalue weighted by Crippen LogP contribution is 2.20. The Hall–Kier alpha value is -2.47. The molecule has 1 aromatic carbocycles. The number of aryl methyl sites for hydroxylation is 1. The molecule has 0 aliphatic heterocycles. The van der Waals surface area contributed by atoms with Crippen LogP contribution in [-0.2, 0) is 20.4 Å². The first-order chi connectivity index (χ1) is 10.9. The molecule has 0 saturated heterocycles. The second-order valence-electron chi connectivity index (χ2n) is 5.14. The summed E-state index contributed by atoms with van der Waals surface area (Å²) in [6.45, 7) is 5.24. The first-order valence-electron chi connectivity index (χ1n) is 7.02. The van der Waals surface area contributed by atoms with Crippen molar-refractivity contribution in [3.05, 3.63) is 72.6 Å². The van der Waals surface area contributed by atoms with Crippen molar-refractivity contribution in [2.75, 3.05) is 10.8 Å². The fraction of sp³-hybridized carbons (Fsp3) is 0.176. The van der Waals surface area contributed by atoms with E-state index in [0.717, 1.165) is 11.6 Å². The minimum absolute atomic E-state index is 0.131. The maximum atomic E-state index is 12.5. The van der Waals surface area contributed by atoms with Crippen molar-refractivity contribution >= 4 is 21.4 Å². The molecule has 1 amide bonds. The summed E-state index contributed by atoms with van der Waals surface area (Å²) in [5, 5.41) is 0. The van der Waals surface area contributed by atoms with Crippen LogP contribution in [0.15, 0.2) is 61.4 Å². The number of hydrogen-bond donors (Lipinski definition) is 0. The van der Waals surface area contributed by atoms with Gasteiger partial charge in [-0.2, -0.15) is 0 Å². The summed E-state index contributed by atoms with van der Waals surface area (Å²) >= 11 is 0. The van der Waals surface area contributed by atoms with Crippen molar-refractivity contribution in [2.24, 2.45) is 0 Å². The van der Waals surface area contributed by atoms with Crippen LogP contribution in [0.2, 0.25) is 0 Å². The van der Waals surface area contributed by atoms with Crippen LogP contribution >= 0.6 is 0 Å². The van der Waals surface area contributed by atoms with Crippen LogP contribution in [-0.4, -0.2) is 25.2 Å². The van der Waals surface area contributed by atoms with Gasteiger partial charge in [-0.3, -0.25) is 14.7 Å². The van der Waals surface area contributed by atoms with E-state index in [4.69, 9.17) is 0 Å². The fourth-order valence-corrected chi connectivity index (χ4v) is 3.62. The highest BCUT2D eigenvalue weighted by molar-refractivity contribution is 7.90. The average Bonchev–Trinajstić information content (AvgIpc) is 2.53. The smallest absolute Gasteiger partial charge is 0.251 e. The average molecular weight is 330 g/mol. The van der Waals surface area contributed by atoms with Gasteiger partial charge in [0.15, 0.2) is 9.84 Å². The van der Waals surface area contributed by atoms with E-state index in [1.807, 2.05) is 6.07 Å². The molecule has 0 bridgehead atoms. The zero-order valence-electron chi connectivity index (χ0n) is 12.8. The molecule has 1 aromatic heterocycles. The molecule has 0 atom stereocenters. The van der Waals surface area contributed by atoms with Gasteiger partial charge in [-0.1, -0.05) is 36.9 Å². The lowest BCUT2D eigenvalue weighted by Gasteiger charge is -2.22. The first-order valence-corrected chi connectivity index (χ1v) is 8.84. The Morgan fingerprint density at radius 1 is 1.26 bits per heavy atom. The largest absolute Gasteiger partial charge is 0.292 e. The molecule has 0 N–H and O–H groups in total. The third-order valence-electron chi connectivity index (χ3n) is 3.30. The van der Waals surface area contributed by atoms with Crippen LogP contribution < -0.4 is 4.90 Å². The highest BCUT2D eigenvalue weighted by Gasteiger charge is 2.23. The topological polar surface area (TPSA) is 67.3 Å². The SMILES string of the molecule is C=CC(=O)N(CS(=O)(=O)Cc1ccccc1)c1cnccc1C. The Bertz CT molecular complexity index is 802. The number of carbonyl (C=O) groups excluding carboxylic acids is 1. The third kappa shape index (κ3) is 4.50. The zero-order valence-corrected chi connectivity index (χ0v) is 13.7. The standard InChI is InChI=1S/C17H18N2O3S/c1-3-17(20)19(16-11-18-10-9-14(16)2)13-23(21,22)12-15-7-5-4-6-8-15/h3-11H,1,12-13H2,2H3. The summed E-state index contributed by atoms with van der Waals surface area (Å²) in [4.78, 5) is 17.3. The quantitative estimate of drug-likeness (QED) is 0.763. The maximum Gasteiger partial charge on any atom is 0.251 e. The van der Waals surface area contributed by atoms with E-state index < -0.39 is 21.6 Å². The van der Waals surface area contributed by atoms with Crippen molar-refractivity contribution in [3.63, 3.8) is 0 Å². The Balaban J connectivity index is 2.29. The van der Waals surface area contributed by atoms with Gasteiger partial charge in [0, 0.05) is 6.20 Å². The highest BCUT2D eigenvalue weighted by atomic mass is 32.2. The number of anilines is 1. The second kappa shape index (κ2) is 7.19. The number of hydrogen-bond acceptors (Lipinski definition) is 4. The number of carbonyl (C=O) groups is 1. The van der Waals surface area contributed by atoms with Gasteiger partial charge < -0.3 is 0 Å². The molecule has 0 aliphatic rings. The number of pyridine rings is 1. The molecule has 5 nitrogen and oxygen atoms in total. The normalized spacial score (nSPS) is 11.0. The van der Waals surface area contributed by atoms with Crippen LogP contribution in [0.4, 0.5) is 5.69 Å². The summed E-state index contributed by atoms with van der Waals surface area (Å²) in [6, 6.07) is 10.6. The monoisotopic (exact) mass is 330 g/mol. The van der Waals surface area contributed by atoms with Crippen LogP contribution in [0.1, 0.15) is 11.1 Å². The van der Waals surface area contributed by atoms with Crippen molar-refractivity contribution < 1.29 is 13.2 Å². The van der Waals surface area contributed by atoms with Gasteiger partial charge in [-0.15, -0.1) is 0 Å². The molecule has 0 unspecified atom stereocenters. The predicted molar refractivity (Wildman–Crippen MR) is 90.6 cm³/mol. The van der Waals surface area contributed by atoms with Gasteiger partial charge in [-0.25, -0.2) is 8.42 Å². The molecule has 23 heavy (non-hydrogen) atoms. The van der Waals surface area contributed by atoms with Crippen LogP contribution in [0.25, 0.3) is 0 Å². The van der Waals surface area contributed by atoms with Gasteiger partial charge >= 0.3 is 0 Å². The zero-order chi connectivity index (χ0) is 16.9. The number of benzene rings is 1. The molecule has 6 heteroatoms. The molecule has 1 heterocycles. The van der Waals surface area contributed by atoms with E-state index in [-0.39, 0.29) is 5.75 Å². The molecule has 0 aliphatic carbocycles. The molecule has 0 radical (unpaired) electrons. The lowest BCUT2D eigenvalue weighted by molar-refractivity contribution is -0.114. The minimum Gasteiger partial charge on any atom is -0.292 e.